The van der Waals surface area contributed by atoms with E-state index in [1.165, 1.54) is 0 Å². The fourth-order valence-electron chi connectivity index (χ4n) is 3.88. The van der Waals surface area contributed by atoms with Crippen LogP contribution in [0.3, 0.4) is 0 Å². The van der Waals surface area contributed by atoms with Crippen LogP contribution >= 0.6 is 24.0 Å². The summed E-state index contributed by atoms with van der Waals surface area (Å²) in [5.41, 5.74) is 0. The Hall–Kier alpha value is -0.690. The normalized spacial score (nSPS) is 24.3. The van der Waals surface area contributed by atoms with Gasteiger partial charge in [0, 0.05) is 72.5 Å². The molecule has 0 saturated carbocycles. The van der Waals surface area contributed by atoms with Crippen LogP contribution in [0.4, 0.5) is 0 Å². The van der Waals surface area contributed by atoms with Crippen molar-refractivity contribution in [3.8, 4) is 0 Å². The quantitative estimate of drug-likeness (QED) is 0.282. The summed E-state index contributed by atoms with van der Waals surface area (Å²) >= 11 is 0. The highest BCUT2D eigenvalue weighted by Crippen LogP contribution is 2.17. The molecule has 0 bridgehead atoms. The summed E-state index contributed by atoms with van der Waals surface area (Å²) in [4.78, 5) is 25.5. The predicted octanol–water partition coefficient (Wildman–Crippen LogP) is -0.623. The first-order valence-corrected chi connectivity index (χ1v) is 10.5. The summed E-state index contributed by atoms with van der Waals surface area (Å²) in [6.45, 7) is 11.2. The molecule has 3 aliphatic rings. The third-order valence-corrected chi connectivity index (χ3v) is 5.70. The molecule has 0 aromatic rings. The Morgan fingerprint density at radius 2 is 1.72 bits per heavy atom. The summed E-state index contributed by atoms with van der Waals surface area (Å²) < 4.78 is 10.9. The second kappa shape index (κ2) is 12.9. The molecule has 0 aromatic heterocycles. The molecule has 10 heteroatoms. The summed E-state index contributed by atoms with van der Waals surface area (Å²) in [6.07, 6.45) is 1.13. The van der Waals surface area contributed by atoms with Crippen molar-refractivity contribution in [2.75, 3.05) is 99.4 Å². The number of halogens is 1. The highest BCUT2D eigenvalue weighted by atomic mass is 127. The number of ether oxygens (including phenoxy) is 2. The lowest BCUT2D eigenvalue weighted by atomic mass is 10.2. The van der Waals surface area contributed by atoms with Gasteiger partial charge in [0.2, 0.25) is 5.91 Å². The van der Waals surface area contributed by atoms with Crippen LogP contribution in [-0.4, -0.2) is 137 Å². The number of guanidine groups is 1. The zero-order valence-electron chi connectivity index (χ0n) is 17.8. The second-order valence-electron chi connectivity index (χ2n) is 7.85. The van der Waals surface area contributed by atoms with Gasteiger partial charge in [-0.05, 0) is 6.42 Å². The number of rotatable bonds is 6. The van der Waals surface area contributed by atoms with Gasteiger partial charge in [-0.15, -0.1) is 24.0 Å². The number of morpholine rings is 2. The largest absolute Gasteiger partial charge is 0.379 e. The SMILES string of the molecule is CN(C)C(=O)CN=C(NCCN1CCOCC1)N1CCC(N2CCOCC2)C1.I. The Kier molecular flexibility index (Phi) is 10.9. The zero-order chi connectivity index (χ0) is 19.8. The van der Waals surface area contributed by atoms with Crippen molar-refractivity contribution in [1.82, 2.24) is 24.9 Å². The Morgan fingerprint density at radius 1 is 1.07 bits per heavy atom. The molecular weight excluding hydrogens is 487 g/mol. The number of nitrogens with one attached hydrogen (secondary N) is 1. The van der Waals surface area contributed by atoms with Gasteiger partial charge >= 0.3 is 0 Å². The van der Waals surface area contributed by atoms with Crippen LogP contribution in [0, 0.1) is 0 Å². The van der Waals surface area contributed by atoms with Gasteiger partial charge in [-0.1, -0.05) is 0 Å². The molecule has 3 fully saturated rings. The summed E-state index contributed by atoms with van der Waals surface area (Å²) in [5, 5.41) is 3.51. The molecule has 1 N–H and O–H groups in total. The Bertz CT molecular complexity index is 524. The van der Waals surface area contributed by atoms with Gasteiger partial charge in [0.25, 0.3) is 0 Å². The lowest BCUT2D eigenvalue weighted by molar-refractivity contribution is -0.127. The number of likely N-dealkylation sites (N-methyl/N-ethyl adjacent to an activating group) is 1. The van der Waals surface area contributed by atoms with E-state index in [2.05, 4.69) is 25.0 Å². The minimum atomic E-state index is 0. The van der Waals surface area contributed by atoms with E-state index in [9.17, 15) is 4.79 Å². The first kappa shape index (κ1) is 24.6. The molecule has 168 valence electrons. The van der Waals surface area contributed by atoms with Gasteiger partial charge in [0.05, 0.1) is 26.4 Å². The Balaban J connectivity index is 0.00000300. The van der Waals surface area contributed by atoms with Gasteiger partial charge in [-0.25, -0.2) is 4.99 Å². The number of nitrogens with zero attached hydrogens (tertiary/aromatic N) is 5. The van der Waals surface area contributed by atoms with Crippen molar-refractivity contribution >= 4 is 35.8 Å². The standard InChI is InChI=1S/C19H36N6O3.HI/c1-22(2)18(26)15-21-19(20-4-6-23-7-11-27-12-8-23)25-5-3-17(16-25)24-9-13-28-14-10-24;/h17H,3-16H2,1-2H3,(H,20,21);1H. The van der Waals surface area contributed by atoms with E-state index in [4.69, 9.17) is 9.47 Å². The number of hydrogen-bond donors (Lipinski definition) is 1. The minimum Gasteiger partial charge on any atom is -0.379 e. The van der Waals surface area contributed by atoms with Crippen molar-refractivity contribution < 1.29 is 14.3 Å². The fraction of sp³-hybridized carbons (Fsp3) is 0.895. The van der Waals surface area contributed by atoms with Crippen molar-refractivity contribution in [3.63, 3.8) is 0 Å². The molecule has 1 unspecified atom stereocenters. The Labute approximate surface area is 191 Å². The molecule has 3 saturated heterocycles. The second-order valence-corrected chi connectivity index (χ2v) is 7.85. The number of likely N-dealkylation sites (tertiary alicyclic amines) is 1. The third-order valence-electron chi connectivity index (χ3n) is 5.70. The van der Waals surface area contributed by atoms with Crippen molar-refractivity contribution in [2.45, 2.75) is 12.5 Å². The summed E-state index contributed by atoms with van der Waals surface area (Å²) in [6, 6.07) is 0.541. The van der Waals surface area contributed by atoms with Crippen LogP contribution in [0.2, 0.25) is 0 Å². The van der Waals surface area contributed by atoms with Crippen LogP contribution in [0.25, 0.3) is 0 Å². The molecule has 9 nitrogen and oxygen atoms in total. The minimum absolute atomic E-state index is 0. The molecule has 29 heavy (non-hydrogen) atoms. The summed E-state index contributed by atoms with van der Waals surface area (Å²) in [5.74, 6) is 0.885. The van der Waals surface area contributed by atoms with Crippen LogP contribution < -0.4 is 5.32 Å². The molecule has 3 heterocycles. The van der Waals surface area contributed by atoms with E-state index >= 15 is 0 Å². The monoisotopic (exact) mass is 524 g/mol. The van der Waals surface area contributed by atoms with Gasteiger partial charge in [0.1, 0.15) is 6.54 Å². The van der Waals surface area contributed by atoms with Crippen LogP contribution in [0.15, 0.2) is 4.99 Å². The molecule has 0 aliphatic carbocycles. The first-order valence-electron chi connectivity index (χ1n) is 10.5. The first-order chi connectivity index (χ1) is 13.6. The molecule has 0 spiro atoms. The average molecular weight is 524 g/mol. The number of aliphatic imine (C=N–C) groups is 1. The molecule has 1 atom stereocenters. The zero-order valence-corrected chi connectivity index (χ0v) is 20.2. The van der Waals surface area contributed by atoms with Crippen LogP contribution in [0.1, 0.15) is 6.42 Å². The van der Waals surface area contributed by atoms with Crippen molar-refractivity contribution in [3.05, 3.63) is 0 Å². The molecule has 0 aromatic carbocycles. The third kappa shape index (κ3) is 7.82. The number of amides is 1. The molecule has 1 amide bonds. The lowest BCUT2D eigenvalue weighted by Gasteiger charge is -2.32. The predicted molar refractivity (Wildman–Crippen MR) is 124 cm³/mol. The van der Waals surface area contributed by atoms with Gasteiger partial charge in [-0.3, -0.25) is 14.6 Å². The van der Waals surface area contributed by atoms with Gasteiger partial charge in [-0.2, -0.15) is 0 Å². The molecule has 0 radical (unpaired) electrons. The van der Waals surface area contributed by atoms with Crippen LogP contribution in [-0.2, 0) is 14.3 Å². The fourth-order valence-corrected chi connectivity index (χ4v) is 3.88. The highest BCUT2D eigenvalue weighted by Gasteiger charge is 2.30. The smallest absolute Gasteiger partial charge is 0.243 e. The van der Waals surface area contributed by atoms with E-state index in [-0.39, 0.29) is 36.4 Å². The van der Waals surface area contributed by atoms with Gasteiger partial charge in [0.15, 0.2) is 5.96 Å². The number of hydrogen-bond acceptors (Lipinski definition) is 6. The Morgan fingerprint density at radius 3 is 2.38 bits per heavy atom. The van der Waals surface area contributed by atoms with Crippen molar-refractivity contribution in [1.29, 1.82) is 0 Å². The van der Waals surface area contributed by atoms with E-state index in [0.29, 0.717) is 6.04 Å². The van der Waals surface area contributed by atoms with E-state index in [1.807, 2.05) is 0 Å². The van der Waals surface area contributed by atoms with Gasteiger partial charge < -0.3 is 24.6 Å². The molecular formula is C19H37IN6O3. The maximum absolute atomic E-state index is 12.0. The molecule has 3 aliphatic heterocycles. The average Bonchev–Trinajstić information content (AvgIpc) is 3.21. The van der Waals surface area contributed by atoms with Crippen LogP contribution in [0.5, 0.6) is 0 Å². The van der Waals surface area contributed by atoms with Crippen molar-refractivity contribution in [2.24, 2.45) is 4.99 Å². The topological polar surface area (TPSA) is 72.9 Å². The van der Waals surface area contributed by atoms with E-state index in [0.717, 1.165) is 91.2 Å². The summed E-state index contributed by atoms with van der Waals surface area (Å²) in [7, 11) is 3.54. The maximum atomic E-state index is 12.0. The molecule has 3 rings (SSSR count). The highest BCUT2D eigenvalue weighted by molar-refractivity contribution is 14.0. The van der Waals surface area contributed by atoms with E-state index < -0.39 is 0 Å². The maximum Gasteiger partial charge on any atom is 0.243 e. The lowest BCUT2D eigenvalue weighted by Crippen LogP contribution is -2.48. The van der Waals surface area contributed by atoms with E-state index in [1.54, 1.807) is 19.0 Å². The number of carbonyl (C=O) groups is 1. The number of carbonyl (C=O) groups excluding carboxylic acids is 1.